The zero-order valence-electron chi connectivity index (χ0n) is 14.0. The number of nitrogens with zero attached hydrogens (tertiary/aromatic N) is 5. The van der Waals surface area contributed by atoms with Gasteiger partial charge in [0, 0.05) is 52.5 Å². The van der Waals surface area contributed by atoms with Gasteiger partial charge in [-0.05, 0) is 12.1 Å². The zero-order chi connectivity index (χ0) is 16.2. The van der Waals surface area contributed by atoms with Crippen molar-refractivity contribution in [2.75, 3.05) is 33.2 Å². The molecule has 3 rings (SSSR count). The summed E-state index contributed by atoms with van der Waals surface area (Å²) in [4.78, 5) is 24.4. The van der Waals surface area contributed by atoms with Crippen LogP contribution in [-0.2, 0) is 11.3 Å². The summed E-state index contributed by atoms with van der Waals surface area (Å²) in [5, 5.41) is 3.36. The average Bonchev–Trinajstić information content (AvgIpc) is 2.98. The Bertz CT molecular complexity index is 687. The minimum absolute atomic E-state index is 0. The van der Waals surface area contributed by atoms with E-state index in [9.17, 15) is 4.79 Å². The van der Waals surface area contributed by atoms with E-state index in [-0.39, 0.29) is 29.9 Å². The van der Waals surface area contributed by atoms with Crippen LogP contribution in [0.2, 0.25) is 0 Å². The lowest BCUT2D eigenvalue weighted by Crippen LogP contribution is -2.53. The molecule has 0 atom stereocenters. The number of nitrogens with one attached hydrogen (secondary N) is 1. The van der Waals surface area contributed by atoms with Crippen LogP contribution in [0.25, 0.3) is 5.65 Å². The molecule has 3 heterocycles. The molecule has 130 valence electrons. The lowest BCUT2D eigenvalue weighted by Gasteiger charge is -2.36. The van der Waals surface area contributed by atoms with Crippen LogP contribution >= 0.6 is 24.0 Å². The summed E-state index contributed by atoms with van der Waals surface area (Å²) in [5.74, 6) is 0.988. The van der Waals surface area contributed by atoms with Gasteiger partial charge in [0.1, 0.15) is 5.65 Å². The Morgan fingerprint density at radius 1 is 1.25 bits per heavy atom. The Morgan fingerprint density at radius 2 is 1.96 bits per heavy atom. The number of rotatable bonds is 2. The third-order valence-electron chi connectivity index (χ3n) is 4.08. The van der Waals surface area contributed by atoms with E-state index in [0.29, 0.717) is 6.54 Å². The molecule has 1 amide bonds. The smallest absolute Gasteiger partial charge is 0.219 e. The van der Waals surface area contributed by atoms with Crippen LogP contribution in [0.3, 0.4) is 0 Å². The van der Waals surface area contributed by atoms with Crippen LogP contribution < -0.4 is 5.32 Å². The van der Waals surface area contributed by atoms with E-state index >= 15 is 0 Å². The normalized spacial score (nSPS) is 15.3. The van der Waals surface area contributed by atoms with Gasteiger partial charge in [0.05, 0.1) is 12.2 Å². The molecule has 0 bridgehead atoms. The summed E-state index contributed by atoms with van der Waals surface area (Å²) in [6.45, 7) is 5.32. The van der Waals surface area contributed by atoms with Gasteiger partial charge in [-0.25, -0.2) is 4.98 Å². The lowest BCUT2D eigenvalue weighted by molar-refractivity contribution is -0.130. The maximum absolute atomic E-state index is 11.4. The van der Waals surface area contributed by atoms with Gasteiger partial charge in [0.2, 0.25) is 5.91 Å². The van der Waals surface area contributed by atoms with Crippen LogP contribution in [-0.4, -0.2) is 64.3 Å². The van der Waals surface area contributed by atoms with E-state index in [4.69, 9.17) is 0 Å². The SMILES string of the molecule is CN=C(NCc1cn2ccccc2n1)N1CCN(C(C)=O)CC1.I. The number of guanidine groups is 1. The van der Waals surface area contributed by atoms with Gasteiger partial charge in [-0.3, -0.25) is 9.79 Å². The molecule has 24 heavy (non-hydrogen) atoms. The van der Waals surface area contributed by atoms with Gasteiger partial charge in [-0.1, -0.05) is 6.07 Å². The van der Waals surface area contributed by atoms with Crippen LogP contribution in [0, 0.1) is 0 Å². The number of carbonyl (C=O) groups excluding carboxylic acids is 1. The first-order chi connectivity index (χ1) is 11.2. The largest absolute Gasteiger partial charge is 0.351 e. The molecule has 1 saturated heterocycles. The fourth-order valence-electron chi connectivity index (χ4n) is 2.81. The van der Waals surface area contributed by atoms with E-state index in [1.807, 2.05) is 39.9 Å². The van der Waals surface area contributed by atoms with Crippen molar-refractivity contribution in [2.24, 2.45) is 4.99 Å². The second-order valence-electron chi connectivity index (χ2n) is 5.59. The number of piperazine rings is 1. The third kappa shape index (κ3) is 4.16. The summed E-state index contributed by atoms with van der Waals surface area (Å²) in [6, 6.07) is 5.95. The summed E-state index contributed by atoms with van der Waals surface area (Å²) < 4.78 is 2.01. The van der Waals surface area contributed by atoms with Crippen molar-refractivity contribution in [3.63, 3.8) is 0 Å². The van der Waals surface area contributed by atoms with Crippen LogP contribution in [0.4, 0.5) is 0 Å². The molecule has 0 saturated carbocycles. The number of carbonyl (C=O) groups is 1. The molecular weight excluding hydrogens is 419 g/mol. The molecule has 0 spiro atoms. The lowest BCUT2D eigenvalue weighted by atomic mass is 10.3. The molecule has 0 unspecified atom stereocenters. The average molecular weight is 442 g/mol. The number of pyridine rings is 1. The predicted octanol–water partition coefficient (Wildman–Crippen LogP) is 1.19. The maximum atomic E-state index is 11.4. The molecule has 1 N–H and O–H groups in total. The van der Waals surface area contributed by atoms with Crippen molar-refractivity contribution >= 4 is 41.5 Å². The van der Waals surface area contributed by atoms with Crippen molar-refractivity contribution in [1.29, 1.82) is 0 Å². The van der Waals surface area contributed by atoms with Crippen LogP contribution in [0.5, 0.6) is 0 Å². The van der Waals surface area contributed by atoms with Crippen LogP contribution in [0.15, 0.2) is 35.6 Å². The summed E-state index contributed by atoms with van der Waals surface area (Å²) in [7, 11) is 1.78. The second kappa shape index (κ2) is 8.32. The minimum Gasteiger partial charge on any atom is -0.351 e. The predicted molar refractivity (Wildman–Crippen MR) is 105 cm³/mol. The Kier molecular flexibility index (Phi) is 6.41. The van der Waals surface area contributed by atoms with E-state index in [2.05, 4.69) is 20.2 Å². The number of imidazole rings is 1. The number of fused-ring (bicyclic) bond motifs is 1. The highest BCUT2D eigenvalue weighted by Crippen LogP contribution is 2.06. The molecule has 1 aliphatic rings. The molecule has 2 aromatic heterocycles. The number of hydrogen-bond acceptors (Lipinski definition) is 3. The molecule has 0 aromatic carbocycles. The van der Waals surface area contributed by atoms with Gasteiger partial charge in [-0.15, -0.1) is 24.0 Å². The zero-order valence-corrected chi connectivity index (χ0v) is 16.3. The van der Waals surface area contributed by atoms with Gasteiger partial charge in [-0.2, -0.15) is 0 Å². The first-order valence-corrected chi connectivity index (χ1v) is 7.81. The van der Waals surface area contributed by atoms with Crippen molar-refractivity contribution in [3.8, 4) is 0 Å². The Morgan fingerprint density at radius 3 is 2.58 bits per heavy atom. The van der Waals surface area contributed by atoms with Crippen molar-refractivity contribution in [2.45, 2.75) is 13.5 Å². The highest BCUT2D eigenvalue weighted by atomic mass is 127. The number of aliphatic imine (C=N–C) groups is 1. The highest BCUT2D eigenvalue weighted by molar-refractivity contribution is 14.0. The number of hydrogen-bond donors (Lipinski definition) is 1. The topological polar surface area (TPSA) is 65.2 Å². The minimum atomic E-state index is 0. The number of aromatic nitrogens is 2. The van der Waals surface area contributed by atoms with Crippen molar-refractivity contribution in [1.82, 2.24) is 24.5 Å². The molecule has 0 radical (unpaired) electrons. The third-order valence-corrected chi connectivity index (χ3v) is 4.08. The molecule has 8 heteroatoms. The van der Waals surface area contributed by atoms with Gasteiger partial charge >= 0.3 is 0 Å². The first kappa shape index (κ1) is 18.5. The second-order valence-corrected chi connectivity index (χ2v) is 5.59. The van der Waals surface area contributed by atoms with E-state index in [1.165, 1.54) is 0 Å². The molecule has 2 aromatic rings. The highest BCUT2D eigenvalue weighted by Gasteiger charge is 2.20. The van der Waals surface area contributed by atoms with E-state index in [0.717, 1.165) is 43.5 Å². The summed E-state index contributed by atoms with van der Waals surface area (Å²) in [5.41, 5.74) is 1.91. The Labute approximate surface area is 158 Å². The van der Waals surface area contributed by atoms with E-state index < -0.39 is 0 Å². The summed E-state index contributed by atoms with van der Waals surface area (Å²) >= 11 is 0. The molecule has 1 fully saturated rings. The Hall–Kier alpha value is -1.84. The summed E-state index contributed by atoms with van der Waals surface area (Å²) in [6.07, 6.45) is 4.00. The molecular formula is C16H23IN6O. The van der Waals surface area contributed by atoms with Crippen molar-refractivity contribution < 1.29 is 4.79 Å². The monoisotopic (exact) mass is 442 g/mol. The van der Waals surface area contributed by atoms with Crippen LogP contribution in [0.1, 0.15) is 12.6 Å². The number of amides is 1. The maximum Gasteiger partial charge on any atom is 0.219 e. The fourth-order valence-corrected chi connectivity index (χ4v) is 2.81. The van der Waals surface area contributed by atoms with Crippen molar-refractivity contribution in [3.05, 3.63) is 36.3 Å². The standard InChI is InChI=1S/C16H22N6O.HI/c1-13(23)20-7-9-21(10-8-20)16(17-2)18-11-14-12-22-6-4-3-5-15(22)19-14;/h3-6,12H,7-11H2,1-2H3,(H,17,18);1H. The Balaban J connectivity index is 0.00000208. The fraction of sp³-hybridized carbons (Fsp3) is 0.438. The van der Waals surface area contributed by atoms with Gasteiger partial charge < -0.3 is 19.5 Å². The van der Waals surface area contributed by atoms with E-state index in [1.54, 1.807) is 14.0 Å². The molecule has 7 nitrogen and oxygen atoms in total. The quantitative estimate of drug-likeness (QED) is 0.431. The molecule has 0 aliphatic carbocycles. The molecule has 1 aliphatic heterocycles. The van der Waals surface area contributed by atoms with Gasteiger partial charge in [0.15, 0.2) is 5.96 Å². The first-order valence-electron chi connectivity index (χ1n) is 7.81. The number of halogens is 1. The van der Waals surface area contributed by atoms with Gasteiger partial charge in [0.25, 0.3) is 0 Å².